The Labute approximate surface area is 143 Å². The molecule has 2 heterocycles. The number of piperidine rings is 1. The fraction of sp³-hybridized carbons (Fsp3) is 0.438. The first-order chi connectivity index (χ1) is 11.0. The van der Waals surface area contributed by atoms with E-state index in [1.54, 1.807) is 6.07 Å². The number of amides is 1. The van der Waals surface area contributed by atoms with E-state index in [4.69, 9.17) is 23.2 Å². The molecule has 0 bridgehead atoms. The van der Waals surface area contributed by atoms with Gasteiger partial charge in [-0.15, -0.1) is 0 Å². The van der Waals surface area contributed by atoms with Crippen LogP contribution in [0.2, 0.25) is 10.0 Å². The molecule has 1 aromatic heterocycles. The van der Waals surface area contributed by atoms with Gasteiger partial charge in [0.15, 0.2) is 0 Å². The van der Waals surface area contributed by atoms with Crippen molar-refractivity contribution in [1.29, 1.82) is 0 Å². The summed E-state index contributed by atoms with van der Waals surface area (Å²) >= 11 is 12.0. The third-order valence-corrected chi connectivity index (χ3v) is 4.78. The number of halogens is 2. The highest BCUT2D eigenvalue weighted by atomic mass is 35.5. The maximum absolute atomic E-state index is 12.6. The average Bonchev–Trinajstić information content (AvgIpc) is 2.51. The van der Waals surface area contributed by atoms with Crippen LogP contribution in [0.25, 0.3) is 10.9 Å². The number of hydrogen-bond donors (Lipinski definition) is 0. The predicted octanol–water partition coefficient (Wildman–Crippen LogP) is 3.10. The van der Waals surface area contributed by atoms with Gasteiger partial charge in [-0.1, -0.05) is 23.2 Å². The second-order valence-corrected chi connectivity index (χ2v) is 6.74. The molecule has 0 aliphatic carbocycles. The molecule has 1 amide bonds. The number of carbonyl (C=O) groups excluding carboxylic acids is 1. The molecule has 23 heavy (non-hydrogen) atoms. The van der Waals surface area contributed by atoms with Crippen LogP contribution >= 0.6 is 23.2 Å². The van der Waals surface area contributed by atoms with E-state index in [0.29, 0.717) is 20.9 Å². The van der Waals surface area contributed by atoms with Crippen molar-refractivity contribution in [3.05, 3.63) is 38.9 Å². The van der Waals surface area contributed by atoms with Crippen molar-refractivity contribution >= 4 is 40.0 Å². The smallest absolute Gasteiger partial charge is 0.261 e. The predicted molar refractivity (Wildman–Crippen MR) is 91.0 cm³/mol. The molecule has 1 aromatic carbocycles. The number of fused-ring (bicyclic) bond motifs is 1. The zero-order valence-electron chi connectivity index (χ0n) is 12.8. The highest BCUT2D eigenvalue weighted by Gasteiger charge is 2.23. The molecule has 1 saturated heterocycles. The third kappa shape index (κ3) is 3.21. The molecule has 1 aliphatic rings. The SMILES string of the molecule is C[C@H]1CCCCN1C(=O)Cn1cnc2c(Cl)cc(Cl)cc2c1=O. The first kappa shape index (κ1) is 16.3. The van der Waals surface area contributed by atoms with E-state index in [9.17, 15) is 9.59 Å². The lowest BCUT2D eigenvalue weighted by molar-refractivity contribution is -0.135. The summed E-state index contributed by atoms with van der Waals surface area (Å²) in [5.41, 5.74) is 0.0912. The Kier molecular flexibility index (Phi) is 4.60. The quantitative estimate of drug-likeness (QED) is 0.833. The molecule has 0 unspecified atom stereocenters. The lowest BCUT2D eigenvalue weighted by Gasteiger charge is -2.33. The van der Waals surface area contributed by atoms with E-state index < -0.39 is 0 Å². The van der Waals surface area contributed by atoms with Crippen LogP contribution in [0.1, 0.15) is 26.2 Å². The highest BCUT2D eigenvalue weighted by Crippen LogP contribution is 2.24. The third-order valence-electron chi connectivity index (χ3n) is 4.27. The molecular formula is C16H17Cl2N3O2. The summed E-state index contributed by atoms with van der Waals surface area (Å²) in [5.74, 6) is -0.0615. The number of carbonyl (C=O) groups is 1. The van der Waals surface area contributed by atoms with Crippen LogP contribution < -0.4 is 5.56 Å². The van der Waals surface area contributed by atoms with Crippen molar-refractivity contribution in [2.24, 2.45) is 0 Å². The van der Waals surface area contributed by atoms with Crippen molar-refractivity contribution in [3.63, 3.8) is 0 Å². The Hall–Kier alpha value is -1.59. The molecule has 3 rings (SSSR count). The van der Waals surface area contributed by atoms with E-state index in [1.165, 1.54) is 17.0 Å². The summed E-state index contributed by atoms with van der Waals surface area (Å²) in [5, 5.41) is 1.02. The standard InChI is InChI=1S/C16H17Cl2N3O2/c1-10-4-2-3-5-21(10)14(22)8-20-9-19-15-12(16(20)23)6-11(17)7-13(15)18/h6-7,9-10H,2-5,8H2,1H3/t10-/m0/s1. The summed E-state index contributed by atoms with van der Waals surface area (Å²) in [6, 6.07) is 3.29. The highest BCUT2D eigenvalue weighted by molar-refractivity contribution is 6.38. The van der Waals surface area contributed by atoms with E-state index in [-0.39, 0.29) is 24.1 Å². The van der Waals surface area contributed by atoms with Gasteiger partial charge in [0.05, 0.1) is 22.3 Å². The normalized spacial score (nSPS) is 18.4. The molecule has 0 radical (unpaired) electrons. The van der Waals surface area contributed by atoms with Crippen molar-refractivity contribution in [2.45, 2.75) is 38.8 Å². The van der Waals surface area contributed by atoms with Crippen molar-refractivity contribution in [3.8, 4) is 0 Å². The Morgan fingerprint density at radius 1 is 1.35 bits per heavy atom. The Morgan fingerprint density at radius 2 is 2.13 bits per heavy atom. The van der Waals surface area contributed by atoms with Gasteiger partial charge >= 0.3 is 0 Å². The largest absolute Gasteiger partial charge is 0.338 e. The topological polar surface area (TPSA) is 55.2 Å². The summed E-state index contributed by atoms with van der Waals surface area (Å²) in [6.45, 7) is 2.77. The summed E-state index contributed by atoms with van der Waals surface area (Å²) in [4.78, 5) is 31.1. The number of hydrogen-bond acceptors (Lipinski definition) is 3. The van der Waals surface area contributed by atoms with Crippen LogP contribution in [0.3, 0.4) is 0 Å². The van der Waals surface area contributed by atoms with Crippen LogP contribution in [-0.2, 0) is 11.3 Å². The van der Waals surface area contributed by atoms with Gasteiger partial charge in [-0.05, 0) is 38.3 Å². The molecule has 5 nitrogen and oxygen atoms in total. The van der Waals surface area contributed by atoms with Gasteiger partial charge in [0.25, 0.3) is 5.56 Å². The van der Waals surface area contributed by atoms with Gasteiger partial charge in [-0.2, -0.15) is 0 Å². The van der Waals surface area contributed by atoms with Crippen LogP contribution in [0.15, 0.2) is 23.3 Å². The van der Waals surface area contributed by atoms with Gasteiger partial charge in [0, 0.05) is 17.6 Å². The Balaban J connectivity index is 1.93. The molecule has 0 saturated carbocycles. The summed E-state index contributed by atoms with van der Waals surface area (Å²) in [7, 11) is 0. The van der Waals surface area contributed by atoms with Crippen LogP contribution in [-0.4, -0.2) is 32.9 Å². The zero-order valence-corrected chi connectivity index (χ0v) is 14.3. The Bertz CT molecular complexity index is 819. The number of benzene rings is 1. The molecule has 2 aromatic rings. The van der Waals surface area contributed by atoms with Gasteiger partial charge in [0.1, 0.15) is 6.54 Å². The molecule has 7 heteroatoms. The summed E-state index contributed by atoms with van der Waals surface area (Å²) < 4.78 is 1.32. The lowest BCUT2D eigenvalue weighted by atomic mass is 10.0. The van der Waals surface area contributed by atoms with Crippen LogP contribution in [0.5, 0.6) is 0 Å². The van der Waals surface area contributed by atoms with Gasteiger partial charge in [0.2, 0.25) is 5.91 Å². The van der Waals surface area contributed by atoms with Crippen LogP contribution in [0, 0.1) is 0 Å². The van der Waals surface area contributed by atoms with Crippen LogP contribution in [0.4, 0.5) is 0 Å². The maximum Gasteiger partial charge on any atom is 0.261 e. The number of aromatic nitrogens is 2. The molecule has 1 fully saturated rings. The number of nitrogens with zero attached hydrogens (tertiary/aromatic N) is 3. The number of rotatable bonds is 2. The molecule has 0 spiro atoms. The summed E-state index contributed by atoms with van der Waals surface area (Å²) in [6.07, 6.45) is 4.52. The lowest BCUT2D eigenvalue weighted by Crippen LogP contribution is -2.44. The second-order valence-electron chi connectivity index (χ2n) is 5.89. The van der Waals surface area contributed by atoms with Crippen molar-refractivity contribution in [2.75, 3.05) is 6.54 Å². The average molecular weight is 354 g/mol. The van der Waals surface area contributed by atoms with Gasteiger partial charge < -0.3 is 4.90 Å². The minimum atomic E-state index is -0.308. The number of likely N-dealkylation sites (tertiary alicyclic amines) is 1. The van der Waals surface area contributed by atoms with E-state index in [1.807, 2.05) is 11.8 Å². The fourth-order valence-electron chi connectivity index (χ4n) is 3.01. The first-order valence-electron chi connectivity index (χ1n) is 7.61. The second kappa shape index (κ2) is 6.49. The minimum Gasteiger partial charge on any atom is -0.338 e. The van der Waals surface area contributed by atoms with Crippen molar-refractivity contribution < 1.29 is 4.79 Å². The Morgan fingerprint density at radius 3 is 2.87 bits per heavy atom. The van der Waals surface area contributed by atoms with Gasteiger partial charge in [-0.25, -0.2) is 4.98 Å². The molecule has 0 N–H and O–H groups in total. The molecule has 122 valence electrons. The van der Waals surface area contributed by atoms with Gasteiger partial charge in [-0.3, -0.25) is 14.2 Å². The monoisotopic (exact) mass is 353 g/mol. The minimum absolute atomic E-state index is 0.0176. The van der Waals surface area contributed by atoms with Crippen molar-refractivity contribution in [1.82, 2.24) is 14.5 Å². The fourth-order valence-corrected chi connectivity index (χ4v) is 3.55. The van der Waals surface area contributed by atoms with E-state index in [0.717, 1.165) is 25.8 Å². The maximum atomic E-state index is 12.6. The zero-order chi connectivity index (χ0) is 16.6. The molecule has 1 atom stereocenters. The molecule has 1 aliphatic heterocycles. The molecular weight excluding hydrogens is 337 g/mol. The van der Waals surface area contributed by atoms with E-state index in [2.05, 4.69) is 4.98 Å². The van der Waals surface area contributed by atoms with E-state index >= 15 is 0 Å². The first-order valence-corrected chi connectivity index (χ1v) is 8.36.